The van der Waals surface area contributed by atoms with Crippen molar-refractivity contribution >= 4 is 23.3 Å². The molecule has 2 aromatic rings. The molecular weight excluding hydrogens is 312 g/mol. The Hall–Kier alpha value is -2.28. The smallest absolute Gasteiger partial charge is 0.323 e. The number of aromatic nitrogens is 2. The Balaban J connectivity index is 1.54. The highest BCUT2D eigenvalue weighted by molar-refractivity contribution is 7.13. The van der Waals surface area contributed by atoms with Gasteiger partial charge in [0.2, 0.25) is 0 Å². The van der Waals surface area contributed by atoms with Crippen molar-refractivity contribution in [3.05, 3.63) is 35.5 Å². The molecule has 1 saturated heterocycles. The van der Waals surface area contributed by atoms with E-state index in [9.17, 15) is 9.59 Å². The normalized spacial score (nSPS) is 24.1. The van der Waals surface area contributed by atoms with Gasteiger partial charge in [0.25, 0.3) is 5.91 Å². The van der Waals surface area contributed by atoms with Gasteiger partial charge in [0.05, 0.1) is 17.9 Å². The third-order valence-electron chi connectivity index (χ3n) is 4.45. The van der Waals surface area contributed by atoms with Crippen LogP contribution < -0.4 is 5.32 Å². The molecule has 1 N–H and O–H groups in total. The van der Waals surface area contributed by atoms with Crippen molar-refractivity contribution in [2.75, 3.05) is 0 Å². The summed E-state index contributed by atoms with van der Waals surface area (Å²) in [7, 11) is 0. The van der Waals surface area contributed by atoms with Gasteiger partial charge in [-0.15, -0.1) is 11.3 Å². The lowest BCUT2D eigenvalue weighted by atomic mass is 9.96. The van der Waals surface area contributed by atoms with E-state index < -0.39 is 5.54 Å². The van der Waals surface area contributed by atoms with E-state index in [0.29, 0.717) is 5.69 Å². The number of nitrogens with zero attached hydrogens (tertiary/aromatic N) is 3. The largest absolute Gasteiger partial charge is 0.325 e. The molecule has 0 spiro atoms. The molecule has 4 rings (SSSR count). The Morgan fingerprint density at radius 2 is 2.22 bits per heavy atom. The summed E-state index contributed by atoms with van der Waals surface area (Å²) in [5.74, 6) is 0.126. The Kier molecular flexibility index (Phi) is 3.19. The number of pyridine rings is 1. The van der Waals surface area contributed by atoms with E-state index in [2.05, 4.69) is 15.3 Å². The predicted octanol–water partition coefficient (Wildman–Crippen LogP) is 2.43. The van der Waals surface area contributed by atoms with Crippen LogP contribution in [0.2, 0.25) is 0 Å². The minimum absolute atomic E-state index is 0.141. The van der Waals surface area contributed by atoms with Crippen LogP contribution >= 0.6 is 11.3 Å². The van der Waals surface area contributed by atoms with Crippen LogP contribution in [0.5, 0.6) is 0 Å². The number of urea groups is 1. The first-order valence-electron chi connectivity index (χ1n) is 7.58. The monoisotopic (exact) mass is 328 g/mol. The average Bonchev–Trinajstić information content (AvgIpc) is 3.28. The summed E-state index contributed by atoms with van der Waals surface area (Å²) in [6.07, 6.45) is 3.71. The van der Waals surface area contributed by atoms with E-state index in [1.165, 1.54) is 16.2 Å². The van der Waals surface area contributed by atoms with Gasteiger partial charge in [0.15, 0.2) is 0 Å². The lowest BCUT2D eigenvalue weighted by Gasteiger charge is -2.20. The molecule has 1 saturated carbocycles. The van der Waals surface area contributed by atoms with E-state index in [-0.39, 0.29) is 24.4 Å². The van der Waals surface area contributed by atoms with Crippen LogP contribution in [0.1, 0.15) is 25.5 Å². The van der Waals surface area contributed by atoms with Gasteiger partial charge in [0, 0.05) is 11.6 Å². The summed E-state index contributed by atoms with van der Waals surface area (Å²) >= 11 is 1.46. The highest BCUT2D eigenvalue weighted by Gasteiger charge is 2.55. The number of rotatable bonds is 4. The number of amides is 3. The maximum absolute atomic E-state index is 12.6. The molecule has 1 unspecified atom stereocenters. The Bertz CT molecular complexity index is 771. The van der Waals surface area contributed by atoms with Gasteiger partial charge >= 0.3 is 6.03 Å². The quantitative estimate of drug-likeness (QED) is 0.875. The minimum Gasteiger partial charge on any atom is -0.323 e. The molecule has 2 fully saturated rings. The molecular formula is C16H16N4O2S. The molecule has 7 heteroatoms. The molecule has 6 nitrogen and oxygen atoms in total. The second kappa shape index (κ2) is 5.13. The molecule has 23 heavy (non-hydrogen) atoms. The fraction of sp³-hybridized carbons (Fsp3) is 0.375. The highest BCUT2D eigenvalue weighted by Crippen LogP contribution is 2.42. The van der Waals surface area contributed by atoms with Gasteiger partial charge in [-0.05, 0) is 37.8 Å². The zero-order valence-electron chi connectivity index (χ0n) is 12.7. The topological polar surface area (TPSA) is 75.2 Å². The van der Waals surface area contributed by atoms with Crippen LogP contribution in [-0.2, 0) is 11.3 Å². The zero-order chi connectivity index (χ0) is 16.0. The first kappa shape index (κ1) is 14.3. The Morgan fingerprint density at radius 1 is 1.39 bits per heavy atom. The van der Waals surface area contributed by atoms with Gasteiger partial charge < -0.3 is 5.32 Å². The van der Waals surface area contributed by atoms with Gasteiger partial charge in [-0.1, -0.05) is 6.07 Å². The van der Waals surface area contributed by atoms with Crippen molar-refractivity contribution in [1.29, 1.82) is 0 Å². The van der Waals surface area contributed by atoms with E-state index >= 15 is 0 Å². The molecule has 2 aliphatic rings. The minimum atomic E-state index is -0.739. The standard InChI is InChI=1S/C16H16N4O2S/c1-16(10-5-6-10)14(21)20(15(22)19-16)8-11-9-23-13(18-11)12-4-2-3-7-17-12/h2-4,7,9-10H,5-6,8H2,1H3,(H,19,22). The van der Waals surface area contributed by atoms with Crippen molar-refractivity contribution in [3.8, 4) is 10.7 Å². The van der Waals surface area contributed by atoms with Crippen molar-refractivity contribution in [3.63, 3.8) is 0 Å². The number of hydrogen-bond donors (Lipinski definition) is 1. The summed E-state index contributed by atoms with van der Waals surface area (Å²) in [6, 6.07) is 5.32. The van der Waals surface area contributed by atoms with Crippen molar-refractivity contribution in [2.24, 2.45) is 5.92 Å². The molecule has 118 valence electrons. The molecule has 3 heterocycles. The first-order valence-corrected chi connectivity index (χ1v) is 8.46. The summed E-state index contributed by atoms with van der Waals surface area (Å²) in [5, 5.41) is 5.51. The highest BCUT2D eigenvalue weighted by atomic mass is 32.1. The summed E-state index contributed by atoms with van der Waals surface area (Å²) < 4.78 is 0. The SMILES string of the molecule is CC1(C2CC2)NC(=O)N(Cc2csc(-c3ccccn3)n2)C1=O. The lowest BCUT2D eigenvalue weighted by molar-refractivity contribution is -0.131. The van der Waals surface area contributed by atoms with Crippen molar-refractivity contribution in [2.45, 2.75) is 31.8 Å². The third kappa shape index (κ3) is 2.41. The van der Waals surface area contributed by atoms with Crippen LogP contribution in [0.4, 0.5) is 4.79 Å². The molecule has 1 atom stereocenters. The van der Waals surface area contributed by atoms with E-state index in [0.717, 1.165) is 23.5 Å². The second-order valence-electron chi connectivity index (χ2n) is 6.16. The van der Waals surface area contributed by atoms with Crippen LogP contribution in [0, 0.1) is 5.92 Å². The molecule has 0 bridgehead atoms. The zero-order valence-corrected chi connectivity index (χ0v) is 13.5. The van der Waals surface area contributed by atoms with E-state index in [1.54, 1.807) is 6.20 Å². The van der Waals surface area contributed by atoms with Gasteiger partial charge in [-0.3, -0.25) is 14.7 Å². The summed E-state index contributed by atoms with van der Waals surface area (Å²) in [6.45, 7) is 2.03. The van der Waals surface area contributed by atoms with Crippen LogP contribution in [0.3, 0.4) is 0 Å². The molecule has 1 aliphatic heterocycles. The molecule has 2 aromatic heterocycles. The third-order valence-corrected chi connectivity index (χ3v) is 5.36. The number of imide groups is 1. The number of thiazole rings is 1. The van der Waals surface area contributed by atoms with Crippen LogP contribution in [-0.4, -0.2) is 32.3 Å². The van der Waals surface area contributed by atoms with Crippen molar-refractivity contribution in [1.82, 2.24) is 20.2 Å². The Labute approximate surface area is 137 Å². The number of carbonyl (C=O) groups excluding carboxylic acids is 2. The van der Waals surface area contributed by atoms with E-state index in [1.807, 2.05) is 30.5 Å². The fourth-order valence-electron chi connectivity index (χ4n) is 2.95. The van der Waals surface area contributed by atoms with Gasteiger partial charge in [0.1, 0.15) is 10.5 Å². The van der Waals surface area contributed by atoms with Gasteiger partial charge in [-0.2, -0.15) is 0 Å². The molecule has 0 radical (unpaired) electrons. The fourth-order valence-corrected chi connectivity index (χ4v) is 3.73. The average molecular weight is 328 g/mol. The maximum atomic E-state index is 12.6. The van der Waals surface area contributed by atoms with Crippen molar-refractivity contribution < 1.29 is 9.59 Å². The van der Waals surface area contributed by atoms with Crippen LogP contribution in [0.25, 0.3) is 10.7 Å². The lowest BCUT2D eigenvalue weighted by Crippen LogP contribution is -2.46. The van der Waals surface area contributed by atoms with Gasteiger partial charge in [-0.25, -0.2) is 9.78 Å². The van der Waals surface area contributed by atoms with E-state index in [4.69, 9.17) is 0 Å². The molecule has 3 amide bonds. The molecule has 0 aromatic carbocycles. The molecule has 1 aliphatic carbocycles. The number of hydrogen-bond acceptors (Lipinski definition) is 5. The Morgan fingerprint density at radius 3 is 2.91 bits per heavy atom. The number of nitrogens with one attached hydrogen (secondary N) is 1. The summed E-state index contributed by atoms with van der Waals surface area (Å²) in [4.78, 5) is 34.8. The first-order chi connectivity index (χ1) is 11.1. The number of carbonyl (C=O) groups is 2. The second-order valence-corrected chi connectivity index (χ2v) is 7.02. The maximum Gasteiger partial charge on any atom is 0.325 e. The van der Waals surface area contributed by atoms with Crippen LogP contribution in [0.15, 0.2) is 29.8 Å². The summed E-state index contributed by atoms with van der Waals surface area (Å²) in [5.41, 5.74) is 0.764. The predicted molar refractivity (Wildman–Crippen MR) is 85.6 cm³/mol.